The Morgan fingerprint density at radius 3 is 2.71 bits per heavy atom. The zero-order valence-corrected chi connectivity index (χ0v) is 13.6. The molecule has 0 heterocycles. The third kappa shape index (κ3) is 2.73. The molecular weight excluding hydrogens is 355 g/mol. The number of hydrazine groups is 1. The first-order valence-electron chi connectivity index (χ1n) is 6.83. The maximum absolute atomic E-state index is 14.4. The van der Waals surface area contributed by atoms with Crippen LogP contribution >= 0.6 is 27.5 Å². The summed E-state index contributed by atoms with van der Waals surface area (Å²) in [5.41, 5.74) is 6.81. The summed E-state index contributed by atoms with van der Waals surface area (Å²) in [6.07, 6.45) is 3.37. The van der Waals surface area contributed by atoms with Crippen LogP contribution in [0.5, 0.6) is 0 Å². The Bertz CT molecular complexity index is 690. The lowest BCUT2D eigenvalue weighted by atomic mass is 9.96. The summed E-state index contributed by atoms with van der Waals surface area (Å²) in [4.78, 5) is 0. The Kier molecular flexibility index (Phi) is 4.31. The number of benzene rings is 2. The summed E-state index contributed by atoms with van der Waals surface area (Å²) >= 11 is 9.20. The van der Waals surface area contributed by atoms with Crippen LogP contribution in [-0.2, 0) is 12.8 Å². The van der Waals surface area contributed by atoms with Gasteiger partial charge in [0.15, 0.2) is 0 Å². The van der Waals surface area contributed by atoms with Crippen LogP contribution in [0.2, 0.25) is 5.02 Å². The number of rotatable bonds is 3. The van der Waals surface area contributed by atoms with Gasteiger partial charge in [0.1, 0.15) is 5.82 Å². The fraction of sp³-hybridized carbons (Fsp3) is 0.250. The average Bonchev–Trinajstić information content (AvgIpc) is 2.95. The largest absolute Gasteiger partial charge is 0.271 e. The number of halogens is 3. The van der Waals surface area contributed by atoms with E-state index in [4.69, 9.17) is 17.4 Å². The summed E-state index contributed by atoms with van der Waals surface area (Å²) in [5, 5.41) is 0.0777. The first-order chi connectivity index (χ1) is 10.1. The Hall–Kier alpha value is -0.940. The highest BCUT2D eigenvalue weighted by Gasteiger charge is 2.21. The number of hydrogen-bond donors (Lipinski definition) is 2. The lowest BCUT2D eigenvalue weighted by Gasteiger charge is -2.19. The monoisotopic (exact) mass is 368 g/mol. The minimum Gasteiger partial charge on any atom is -0.271 e. The fourth-order valence-corrected chi connectivity index (χ4v) is 3.38. The summed E-state index contributed by atoms with van der Waals surface area (Å²) in [7, 11) is 0. The van der Waals surface area contributed by atoms with E-state index in [9.17, 15) is 4.39 Å². The molecule has 1 unspecified atom stereocenters. The van der Waals surface area contributed by atoms with Crippen LogP contribution in [0.1, 0.15) is 34.7 Å². The van der Waals surface area contributed by atoms with Crippen LogP contribution in [0, 0.1) is 5.82 Å². The van der Waals surface area contributed by atoms with Gasteiger partial charge in [0.05, 0.1) is 11.1 Å². The van der Waals surface area contributed by atoms with E-state index >= 15 is 0 Å². The van der Waals surface area contributed by atoms with E-state index in [1.54, 1.807) is 12.1 Å². The molecule has 2 aromatic carbocycles. The molecule has 0 amide bonds. The molecule has 1 aliphatic carbocycles. The molecule has 3 N–H and O–H groups in total. The quantitative estimate of drug-likeness (QED) is 0.481. The maximum Gasteiger partial charge on any atom is 0.148 e. The van der Waals surface area contributed by atoms with Gasteiger partial charge in [-0.15, -0.1) is 0 Å². The zero-order valence-electron chi connectivity index (χ0n) is 11.3. The first-order valence-corrected chi connectivity index (χ1v) is 8.00. The molecule has 5 heteroatoms. The Morgan fingerprint density at radius 1 is 1.19 bits per heavy atom. The van der Waals surface area contributed by atoms with Crippen molar-refractivity contribution in [3.63, 3.8) is 0 Å². The molecule has 0 radical (unpaired) electrons. The van der Waals surface area contributed by atoms with Crippen molar-refractivity contribution in [3.8, 4) is 0 Å². The van der Waals surface area contributed by atoms with E-state index in [1.807, 2.05) is 6.07 Å². The van der Waals surface area contributed by atoms with Gasteiger partial charge in [-0.1, -0.05) is 35.9 Å². The molecule has 2 aromatic rings. The van der Waals surface area contributed by atoms with Crippen molar-refractivity contribution >= 4 is 27.5 Å². The Balaban J connectivity index is 2.05. The van der Waals surface area contributed by atoms with E-state index in [1.165, 1.54) is 17.5 Å². The van der Waals surface area contributed by atoms with E-state index in [2.05, 4.69) is 33.5 Å². The van der Waals surface area contributed by atoms with E-state index < -0.39 is 11.9 Å². The van der Waals surface area contributed by atoms with Gasteiger partial charge >= 0.3 is 0 Å². The second-order valence-electron chi connectivity index (χ2n) is 5.25. The standard InChI is InChI=1S/C16H15BrClFN2/c17-13-7-6-12(15(19)14(13)18)16(21-20)11-5-4-9-2-1-3-10(9)8-11/h4-8,16,21H,1-3,20H2. The molecular formula is C16H15BrClFN2. The van der Waals surface area contributed by atoms with Crippen molar-refractivity contribution < 1.29 is 4.39 Å². The summed E-state index contributed by atoms with van der Waals surface area (Å²) in [6.45, 7) is 0. The van der Waals surface area contributed by atoms with Crippen LogP contribution in [-0.4, -0.2) is 0 Å². The minimum atomic E-state index is -0.450. The number of aryl methyl sites for hydroxylation is 2. The lowest BCUT2D eigenvalue weighted by molar-refractivity contribution is 0.559. The number of fused-ring (bicyclic) bond motifs is 1. The second-order valence-corrected chi connectivity index (χ2v) is 6.48. The highest BCUT2D eigenvalue weighted by molar-refractivity contribution is 9.10. The van der Waals surface area contributed by atoms with Gasteiger partial charge in [-0.25, -0.2) is 9.82 Å². The minimum absolute atomic E-state index is 0.0777. The maximum atomic E-state index is 14.4. The highest BCUT2D eigenvalue weighted by Crippen LogP contribution is 2.34. The van der Waals surface area contributed by atoms with E-state index in [-0.39, 0.29) is 5.02 Å². The molecule has 0 saturated carbocycles. The lowest BCUT2D eigenvalue weighted by Crippen LogP contribution is -2.29. The molecule has 0 aliphatic heterocycles. The summed E-state index contributed by atoms with van der Waals surface area (Å²) in [6, 6.07) is 9.25. The average molecular weight is 370 g/mol. The number of nitrogens with one attached hydrogen (secondary N) is 1. The molecule has 2 nitrogen and oxygen atoms in total. The molecule has 1 atom stereocenters. The first kappa shape index (κ1) is 15.0. The van der Waals surface area contributed by atoms with Crippen molar-refractivity contribution in [1.29, 1.82) is 0 Å². The van der Waals surface area contributed by atoms with Gasteiger partial charge in [-0.2, -0.15) is 0 Å². The molecule has 0 aromatic heterocycles. The highest BCUT2D eigenvalue weighted by atomic mass is 79.9. The van der Waals surface area contributed by atoms with Crippen molar-refractivity contribution in [2.45, 2.75) is 25.3 Å². The molecule has 0 saturated heterocycles. The molecule has 0 fully saturated rings. The summed E-state index contributed by atoms with van der Waals surface area (Å²) < 4.78 is 14.9. The normalized spacial score (nSPS) is 15.0. The van der Waals surface area contributed by atoms with E-state index in [0.717, 1.165) is 18.4 Å². The van der Waals surface area contributed by atoms with Crippen LogP contribution in [0.3, 0.4) is 0 Å². The Morgan fingerprint density at radius 2 is 1.95 bits per heavy atom. The molecule has 21 heavy (non-hydrogen) atoms. The predicted molar refractivity (Wildman–Crippen MR) is 86.7 cm³/mol. The van der Waals surface area contributed by atoms with Gasteiger partial charge in [0, 0.05) is 10.0 Å². The van der Waals surface area contributed by atoms with Gasteiger partial charge in [0.25, 0.3) is 0 Å². The fourth-order valence-electron chi connectivity index (χ4n) is 2.90. The zero-order chi connectivity index (χ0) is 15.0. The van der Waals surface area contributed by atoms with Gasteiger partial charge in [-0.3, -0.25) is 5.84 Å². The number of hydrogen-bond acceptors (Lipinski definition) is 2. The molecule has 0 spiro atoms. The van der Waals surface area contributed by atoms with Crippen molar-refractivity contribution in [2.75, 3.05) is 0 Å². The van der Waals surface area contributed by atoms with Crippen molar-refractivity contribution in [1.82, 2.24) is 5.43 Å². The number of nitrogens with two attached hydrogens (primary N) is 1. The molecule has 3 rings (SSSR count). The van der Waals surface area contributed by atoms with Crippen LogP contribution in [0.15, 0.2) is 34.8 Å². The molecule has 0 bridgehead atoms. The van der Waals surface area contributed by atoms with Crippen molar-refractivity contribution in [2.24, 2.45) is 5.84 Å². The third-order valence-electron chi connectivity index (χ3n) is 4.00. The van der Waals surface area contributed by atoms with Crippen LogP contribution in [0.4, 0.5) is 4.39 Å². The van der Waals surface area contributed by atoms with Crippen LogP contribution < -0.4 is 11.3 Å². The second kappa shape index (κ2) is 6.05. The van der Waals surface area contributed by atoms with Gasteiger partial charge < -0.3 is 0 Å². The van der Waals surface area contributed by atoms with E-state index in [0.29, 0.717) is 10.0 Å². The SMILES string of the molecule is NNC(c1ccc2c(c1)CCC2)c1ccc(Br)c(Cl)c1F. The van der Waals surface area contributed by atoms with Crippen molar-refractivity contribution in [3.05, 3.63) is 67.9 Å². The van der Waals surface area contributed by atoms with Crippen LogP contribution in [0.25, 0.3) is 0 Å². The third-order valence-corrected chi connectivity index (χ3v) is 5.26. The predicted octanol–water partition coefficient (Wildman–Crippen LogP) is 4.28. The smallest absolute Gasteiger partial charge is 0.148 e. The Labute approximate surface area is 136 Å². The molecule has 1 aliphatic rings. The topological polar surface area (TPSA) is 38.0 Å². The van der Waals surface area contributed by atoms with Gasteiger partial charge in [-0.05, 0) is 57.9 Å². The van der Waals surface area contributed by atoms with Gasteiger partial charge in [0.2, 0.25) is 0 Å². The summed E-state index contributed by atoms with van der Waals surface area (Å²) in [5.74, 6) is 5.22. The molecule has 110 valence electrons.